The van der Waals surface area contributed by atoms with Gasteiger partial charge in [0, 0.05) is 24.1 Å². The molecule has 0 saturated heterocycles. The lowest BCUT2D eigenvalue weighted by atomic mass is 10.2. The van der Waals surface area contributed by atoms with Crippen molar-refractivity contribution in [2.75, 3.05) is 0 Å². The van der Waals surface area contributed by atoms with Crippen molar-refractivity contribution in [3.8, 4) is 0 Å². The van der Waals surface area contributed by atoms with Crippen molar-refractivity contribution in [2.24, 2.45) is 7.05 Å². The fraction of sp³-hybridized carbons (Fsp3) is 0.111. The summed E-state index contributed by atoms with van der Waals surface area (Å²) in [5, 5.41) is 0.539. The predicted molar refractivity (Wildman–Crippen MR) is 52.7 cm³/mol. The average Bonchev–Trinajstić information content (AvgIpc) is 2.44. The van der Waals surface area contributed by atoms with Crippen LogP contribution in [0.1, 0.15) is 0 Å². The molecule has 74 valence electrons. The number of hydrogen-bond acceptors (Lipinski definition) is 2. The molecule has 1 aromatic carbocycles. The van der Waals surface area contributed by atoms with Crippen LogP contribution in [-0.4, -0.2) is 17.5 Å². The van der Waals surface area contributed by atoms with Crippen molar-refractivity contribution in [1.29, 1.82) is 0 Å². The SMILES string of the molecule is Cn1cc(S(=O)(=O)O)c2ccccc21. The fourth-order valence-electron chi connectivity index (χ4n) is 1.51. The third-order valence-electron chi connectivity index (χ3n) is 2.14. The van der Waals surface area contributed by atoms with Crippen LogP contribution in [0.5, 0.6) is 0 Å². The normalized spacial score (nSPS) is 12.1. The number of fused-ring (bicyclic) bond motifs is 1. The van der Waals surface area contributed by atoms with Gasteiger partial charge in [-0.1, -0.05) is 18.2 Å². The van der Waals surface area contributed by atoms with Crippen LogP contribution >= 0.6 is 0 Å². The highest BCUT2D eigenvalue weighted by Gasteiger charge is 2.16. The number of aromatic nitrogens is 1. The van der Waals surface area contributed by atoms with Crippen molar-refractivity contribution >= 4 is 21.0 Å². The molecule has 2 aromatic rings. The molecule has 0 aliphatic carbocycles. The molecular formula is C9H9NO3S. The second-order valence-corrected chi connectivity index (χ2v) is 4.49. The van der Waals surface area contributed by atoms with E-state index in [1.807, 2.05) is 6.07 Å². The molecule has 0 aliphatic rings. The summed E-state index contributed by atoms with van der Waals surface area (Å²) in [5.41, 5.74) is 0.778. The summed E-state index contributed by atoms with van der Waals surface area (Å²) < 4.78 is 32.6. The Balaban J connectivity index is 2.93. The Morgan fingerprint density at radius 2 is 1.93 bits per heavy atom. The Kier molecular flexibility index (Phi) is 1.87. The summed E-state index contributed by atoms with van der Waals surface area (Å²) in [5.74, 6) is 0. The van der Waals surface area contributed by atoms with E-state index in [1.54, 1.807) is 29.8 Å². The molecular weight excluding hydrogens is 202 g/mol. The molecule has 0 unspecified atom stereocenters. The van der Waals surface area contributed by atoms with Gasteiger partial charge < -0.3 is 4.57 Å². The van der Waals surface area contributed by atoms with Crippen LogP contribution < -0.4 is 0 Å². The highest BCUT2D eigenvalue weighted by atomic mass is 32.2. The fourth-order valence-corrected chi connectivity index (χ4v) is 2.25. The second-order valence-electron chi connectivity index (χ2n) is 3.10. The van der Waals surface area contributed by atoms with Crippen LogP contribution in [0.3, 0.4) is 0 Å². The highest BCUT2D eigenvalue weighted by molar-refractivity contribution is 7.86. The molecule has 5 heteroatoms. The van der Waals surface area contributed by atoms with Gasteiger partial charge in [-0.2, -0.15) is 8.42 Å². The lowest BCUT2D eigenvalue weighted by Gasteiger charge is -1.93. The molecule has 0 atom stereocenters. The molecule has 0 bridgehead atoms. The van der Waals surface area contributed by atoms with Gasteiger partial charge in [0.25, 0.3) is 10.1 Å². The van der Waals surface area contributed by atoms with E-state index >= 15 is 0 Å². The minimum absolute atomic E-state index is 0.0457. The van der Waals surface area contributed by atoms with E-state index in [0.717, 1.165) is 5.52 Å². The summed E-state index contributed by atoms with van der Waals surface area (Å²) in [4.78, 5) is -0.0457. The molecule has 0 saturated carbocycles. The topological polar surface area (TPSA) is 59.3 Å². The van der Waals surface area contributed by atoms with Gasteiger partial charge in [-0.05, 0) is 6.07 Å². The standard InChI is InChI=1S/C9H9NO3S/c1-10-6-9(14(11,12)13)7-4-2-3-5-8(7)10/h2-6H,1H3,(H,11,12,13). The van der Waals surface area contributed by atoms with Crippen LogP contribution in [0.25, 0.3) is 10.9 Å². The Bertz CT molecular complexity index is 583. The Labute approximate surface area is 81.5 Å². The number of rotatable bonds is 1. The molecule has 1 aromatic heterocycles. The summed E-state index contributed by atoms with van der Waals surface area (Å²) in [6.07, 6.45) is 1.40. The summed E-state index contributed by atoms with van der Waals surface area (Å²) >= 11 is 0. The van der Waals surface area contributed by atoms with Gasteiger partial charge in [0.1, 0.15) is 4.90 Å². The first-order chi connectivity index (χ1) is 6.50. The molecule has 14 heavy (non-hydrogen) atoms. The third kappa shape index (κ3) is 1.30. The quantitative estimate of drug-likeness (QED) is 0.726. The summed E-state index contributed by atoms with van der Waals surface area (Å²) in [6.45, 7) is 0. The molecule has 0 fully saturated rings. The van der Waals surface area contributed by atoms with E-state index in [0.29, 0.717) is 5.39 Å². The minimum Gasteiger partial charge on any atom is -0.349 e. The lowest BCUT2D eigenvalue weighted by molar-refractivity contribution is 0.484. The second kappa shape index (κ2) is 2.83. The lowest BCUT2D eigenvalue weighted by Crippen LogP contribution is -1.96. The number of hydrogen-bond donors (Lipinski definition) is 1. The van der Waals surface area contributed by atoms with Gasteiger partial charge in [-0.15, -0.1) is 0 Å². The van der Waals surface area contributed by atoms with Gasteiger partial charge in [0.15, 0.2) is 0 Å². The van der Waals surface area contributed by atoms with Gasteiger partial charge in [-0.3, -0.25) is 4.55 Å². The average molecular weight is 211 g/mol. The maximum absolute atomic E-state index is 11.0. The maximum atomic E-state index is 11.0. The van der Waals surface area contributed by atoms with E-state index in [4.69, 9.17) is 4.55 Å². The van der Waals surface area contributed by atoms with Crippen LogP contribution in [-0.2, 0) is 17.2 Å². The predicted octanol–water partition coefficient (Wildman–Crippen LogP) is 1.43. The zero-order valence-electron chi connectivity index (χ0n) is 7.51. The molecule has 0 radical (unpaired) electrons. The van der Waals surface area contributed by atoms with Gasteiger partial charge in [0.05, 0.1) is 0 Å². The first kappa shape index (κ1) is 9.23. The van der Waals surface area contributed by atoms with Gasteiger partial charge >= 0.3 is 0 Å². The zero-order valence-corrected chi connectivity index (χ0v) is 8.32. The van der Waals surface area contributed by atoms with Crippen molar-refractivity contribution < 1.29 is 13.0 Å². The zero-order chi connectivity index (χ0) is 10.3. The number of nitrogens with zero attached hydrogens (tertiary/aromatic N) is 1. The molecule has 0 spiro atoms. The van der Waals surface area contributed by atoms with E-state index in [2.05, 4.69) is 0 Å². The number of para-hydroxylation sites is 1. The van der Waals surface area contributed by atoms with Crippen LogP contribution in [0.4, 0.5) is 0 Å². The minimum atomic E-state index is -4.13. The van der Waals surface area contributed by atoms with E-state index in [-0.39, 0.29) is 4.90 Å². The van der Waals surface area contributed by atoms with Crippen LogP contribution in [0.15, 0.2) is 35.4 Å². The van der Waals surface area contributed by atoms with Crippen molar-refractivity contribution in [3.05, 3.63) is 30.5 Å². The van der Waals surface area contributed by atoms with Crippen molar-refractivity contribution in [2.45, 2.75) is 4.90 Å². The van der Waals surface area contributed by atoms with Crippen LogP contribution in [0, 0.1) is 0 Å². The van der Waals surface area contributed by atoms with Crippen molar-refractivity contribution in [1.82, 2.24) is 4.57 Å². The molecule has 4 nitrogen and oxygen atoms in total. The monoisotopic (exact) mass is 211 g/mol. The third-order valence-corrected chi connectivity index (χ3v) is 3.02. The Morgan fingerprint density at radius 1 is 1.29 bits per heavy atom. The Morgan fingerprint density at radius 3 is 2.57 bits per heavy atom. The van der Waals surface area contributed by atoms with Crippen LogP contribution in [0.2, 0.25) is 0 Å². The molecule has 1 N–H and O–H groups in total. The first-order valence-corrected chi connectivity index (χ1v) is 5.46. The highest BCUT2D eigenvalue weighted by Crippen LogP contribution is 2.23. The Hall–Kier alpha value is -1.33. The van der Waals surface area contributed by atoms with E-state index < -0.39 is 10.1 Å². The molecule has 1 heterocycles. The maximum Gasteiger partial charge on any atom is 0.296 e. The first-order valence-electron chi connectivity index (χ1n) is 4.02. The number of aryl methyl sites for hydroxylation is 1. The van der Waals surface area contributed by atoms with Gasteiger partial charge in [-0.25, -0.2) is 0 Å². The van der Waals surface area contributed by atoms with E-state index in [9.17, 15) is 8.42 Å². The molecule has 0 amide bonds. The number of benzene rings is 1. The molecule has 2 rings (SSSR count). The van der Waals surface area contributed by atoms with Crippen molar-refractivity contribution in [3.63, 3.8) is 0 Å². The smallest absolute Gasteiger partial charge is 0.296 e. The summed E-state index contributed by atoms with van der Waals surface area (Å²) in [6, 6.07) is 7.01. The molecule has 0 aliphatic heterocycles. The van der Waals surface area contributed by atoms with Gasteiger partial charge in [0.2, 0.25) is 0 Å². The summed E-state index contributed by atoms with van der Waals surface area (Å²) in [7, 11) is -2.40. The van der Waals surface area contributed by atoms with E-state index in [1.165, 1.54) is 6.20 Å². The largest absolute Gasteiger partial charge is 0.349 e.